The van der Waals surface area contributed by atoms with E-state index in [0.29, 0.717) is 48.5 Å². The van der Waals surface area contributed by atoms with Crippen molar-refractivity contribution < 1.29 is 19.0 Å². The summed E-state index contributed by atoms with van der Waals surface area (Å²) in [6.07, 6.45) is 0.980. The molecule has 1 amide bonds. The van der Waals surface area contributed by atoms with Gasteiger partial charge in [0.15, 0.2) is 11.5 Å². The lowest BCUT2D eigenvalue weighted by Crippen LogP contribution is -2.23. The molecule has 0 unspecified atom stereocenters. The topological polar surface area (TPSA) is 56.8 Å². The molecule has 0 fully saturated rings. The van der Waals surface area contributed by atoms with Crippen LogP contribution in [-0.2, 0) is 6.54 Å². The Bertz CT molecular complexity index is 829. The number of ether oxygens (including phenoxy) is 3. The maximum atomic E-state index is 12.6. The lowest BCUT2D eigenvalue weighted by molar-refractivity contribution is 0.0947. The third-order valence-electron chi connectivity index (χ3n) is 4.24. The van der Waals surface area contributed by atoms with Gasteiger partial charge >= 0.3 is 0 Å². The molecular formula is C24H31NO4. The number of methoxy groups -OCH3 is 1. The summed E-state index contributed by atoms with van der Waals surface area (Å²) in [5, 5.41) is 2.93. The van der Waals surface area contributed by atoms with Crippen molar-refractivity contribution in [3.8, 4) is 17.2 Å². The molecule has 1 N–H and O–H groups in total. The quantitative estimate of drug-likeness (QED) is 0.542. The van der Waals surface area contributed by atoms with Crippen LogP contribution in [0, 0.1) is 5.92 Å². The molecule has 156 valence electrons. The Morgan fingerprint density at radius 3 is 2.52 bits per heavy atom. The molecule has 0 saturated heterocycles. The number of hydrogen-bond acceptors (Lipinski definition) is 4. The van der Waals surface area contributed by atoms with E-state index < -0.39 is 0 Å². The number of para-hydroxylation sites is 1. The fourth-order valence-electron chi connectivity index (χ4n) is 2.60. The van der Waals surface area contributed by atoms with Gasteiger partial charge in [0, 0.05) is 6.54 Å². The Kier molecular flexibility index (Phi) is 8.59. The Balaban J connectivity index is 2.00. The lowest BCUT2D eigenvalue weighted by atomic mass is 10.1. The van der Waals surface area contributed by atoms with Crippen LogP contribution in [0.2, 0.25) is 0 Å². The largest absolute Gasteiger partial charge is 0.493 e. The van der Waals surface area contributed by atoms with E-state index >= 15 is 0 Å². The highest BCUT2D eigenvalue weighted by Gasteiger charge is 2.13. The number of nitrogens with one attached hydrogen (secondary N) is 1. The van der Waals surface area contributed by atoms with Gasteiger partial charge in [-0.15, -0.1) is 0 Å². The molecule has 0 aliphatic heterocycles. The molecule has 0 saturated carbocycles. The van der Waals surface area contributed by atoms with Gasteiger partial charge in [0.05, 0.1) is 19.3 Å². The Labute approximate surface area is 173 Å². The number of hydrogen-bond donors (Lipinski definition) is 1. The van der Waals surface area contributed by atoms with Gasteiger partial charge in [-0.05, 0) is 54.7 Å². The van der Waals surface area contributed by atoms with Crippen LogP contribution in [0.1, 0.15) is 43.1 Å². The van der Waals surface area contributed by atoms with Crippen molar-refractivity contribution in [3.05, 3.63) is 65.7 Å². The van der Waals surface area contributed by atoms with Crippen LogP contribution in [0.5, 0.6) is 17.2 Å². The van der Waals surface area contributed by atoms with E-state index in [2.05, 4.69) is 25.7 Å². The molecule has 0 aliphatic rings. The van der Waals surface area contributed by atoms with Crippen LogP contribution in [0.3, 0.4) is 0 Å². The van der Waals surface area contributed by atoms with Gasteiger partial charge in [0.1, 0.15) is 12.4 Å². The van der Waals surface area contributed by atoms with E-state index in [1.54, 1.807) is 19.2 Å². The molecule has 29 heavy (non-hydrogen) atoms. The number of rotatable bonds is 11. The maximum absolute atomic E-state index is 12.6. The highest BCUT2D eigenvalue weighted by Crippen LogP contribution is 2.28. The van der Waals surface area contributed by atoms with E-state index in [4.69, 9.17) is 14.2 Å². The Morgan fingerprint density at radius 2 is 1.83 bits per heavy atom. The first-order valence-corrected chi connectivity index (χ1v) is 9.84. The van der Waals surface area contributed by atoms with Crippen molar-refractivity contribution in [2.24, 2.45) is 5.92 Å². The average Bonchev–Trinajstić information content (AvgIpc) is 2.71. The van der Waals surface area contributed by atoms with Crippen LogP contribution in [0.4, 0.5) is 0 Å². The molecule has 0 bridgehead atoms. The van der Waals surface area contributed by atoms with Gasteiger partial charge in [-0.25, -0.2) is 0 Å². The van der Waals surface area contributed by atoms with Gasteiger partial charge in [0.25, 0.3) is 5.91 Å². The first-order chi connectivity index (χ1) is 13.9. The highest BCUT2D eigenvalue weighted by molar-refractivity contribution is 5.96. The van der Waals surface area contributed by atoms with Crippen molar-refractivity contribution >= 4 is 5.91 Å². The van der Waals surface area contributed by atoms with Crippen molar-refractivity contribution in [1.82, 2.24) is 5.32 Å². The van der Waals surface area contributed by atoms with Crippen molar-refractivity contribution in [2.45, 2.75) is 33.7 Å². The van der Waals surface area contributed by atoms with E-state index in [0.717, 1.165) is 17.6 Å². The molecule has 0 aliphatic carbocycles. The molecule has 5 nitrogen and oxygen atoms in total. The zero-order chi connectivity index (χ0) is 21.2. The Morgan fingerprint density at radius 1 is 1.07 bits per heavy atom. The van der Waals surface area contributed by atoms with Gasteiger partial charge < -0.3 is 19.5 Å². The molecular weight excluding hydrogens is 366 g/mol. The van der Waals surface area contributed by atoms with E-state index in [1.807, 2.05) is 37.3 Å². The van der Waals surface area contributed by atoms with Gasteiger partial charge in [-0.2, -0.15) is 0 Å². The summed E-state index contributed by atoms with van der Waals surface area (Å²) in [7, 11) is 1.61. The molecule has 0 heterocycles. The number of carbonyl (C=O) groups is 1. The third kappa shape index (κ3) is 7.18. The summed E-state index contributed by atoms with van der Waals surface area (Å²) >= 11 is 0. The summed E-state index contributed by atoms with van der Waals surface area (Å²) in [6, 6.07) is 12.9. The maximum Gasteiger partial charge on any atom is 0.255 e. The molecule has 2 aromatic rings. The SMILES string of the molecule is C=C(C)COc1ccccc1C(=O)NCc1ccc(OCCC(C)C)c(OC)c1. The lowest BCUT2D eigenvalue weighted by Gasteiger charge is -2.14. The van der Waals surface area contributed by atoms with Gasteiger partial charge in [-0.3, -0.25) is 4.79 Å². The summed E-state index contributed by atoms with van der Waals surface area (Å²) in [6.45, 7) is 11.4. The molecule has 0 aromatic heterocycles. The number of amides is 1. The van der Waals surface area contributed by atoms with Gasteiger partial charge in [-0.1, -0.05) is 38.6 Å². The van der Waals surface area contributed by atoms with Crippen LogP contribution in [-0.4, -0.2) is 26.2 Å². The fraction of sp³-hybridized carbons (Fsp3) is 0.375. The van der Waals surface area contributed by atoms with Crippen molar-refractivity contribution in [2.75, 3.05) is 20.3 Å². The standard InChI is InChI=1S/C24H31NO4/c1-17(2)12-13-28-22-11-10-19(14-23(22)27-5)15-25-24(26)20-8-6-7-9-21(20)29-16-18(3)4/h6-11,14,17H,3,12-13,15-16H2,1-2,4-5H3,(H,25,26). The van der Waals surface area contributed by atoms with Crippen LogP contribution in [0.15, 0.2) is 54.6 Å². The molecule has 0 atom stereocenters. The van der Waals surface area contributed by atoms with Crippen LogP contribution < -0.4 is 19.5 Å². The summed E-state index contributed by atoms with van der Waals surface area (Å²) in [5.41, 5.74) is 2.31. The molecule has 2 rings (SSSR count). The van der Waals surface area contributed by atoms with Crippen molar-refractivity contribution in [1.29, 1.82) is 0 Å². The van der Waals surface area contributed by atoms with Crippen LogP contribution in [0.25, 0.3) is 0 Å². The van der Waals surface area contributed by atoms with E-state index in [-0.39, 0.29) is 5.91 Å². The van der Waals surface area contributed by atoms with E-state index in [1.165, 1.54) is 0 Å². The molecule has 5 heteroatoms. The van der Waals surface area contributed by atoms with Crippen molar-refractivity contribution in [3.63, 3.8) is 0 Å². The van der Waals surface area contributed by atoms with E-state index in [9.17, 15) is 4.79 Å². The molecule has 2 aromatic carbocycles. The summed E-state index contributed by atoms with van der Waals surface area (Å²) in [4.78, 5) is 12.6. The smallest absolute Gasteiger partial charge is 0.255 e. The summed E-state index contributed by atoms with van der Waals surface area (Å²) in [5.74, 6) is 2.29. The predicted molar refractivity (Wildman–Crippen MR) is 116 cm³/mol. The molecule has 0 radical (unpaired) electrons. The predicted octanol–water partition coefficient (Wildman–Crippen LogP) is 5.01. The summed E-state index contributed by atoms with van der Waals surface area (Å²) < 4.78 is 16.9. The fourth-order valence-corrected chi connectivity index (χ4v) is 2.60. The van der Waals surface area contributed by atoms with Crippen LogP contribution >= 0.6 is 0 Å². The van der Waals surface area contributed by atoms with Gasteiger partial charge in [0.2, 0.25) is 0 Å². The average molecular weight is 398 g/mol. The normalized spacial score (nSPS) is 10.5. The first-order valence-electron chi connectivity index (χ1n) is 9.84. The zero-order valence-corrected chi connectivity index (χ0v) is 17.8. The zero-order valence-electron chi connectivity index (χ0n) is 17.8. The second-order valence-electron chi connectivity index (χ2n) is 7.44. The number of benzene rings is 2. The monoisotopic (exact) mass is 397 g/mol. The molecule has 0 spiro atoms. The highest BCUT2D eigenvalue weighted by atomic mass is 16.5. The minimum Gasteiger partial charge on any atom is -0.493 e. The first kappa shape index (κ1) is 22.3. The second kappa shape index (κ2) is 11.1. The third-order valence-corrected chi connectivity index (χ3v) is 4.24. The minimum absolute atomic E-state index is 0.196. The Hall–Kier alpha value is -2.95. The number of carbonyl (C=O) groups excluding carboxylic acids is 1. The second-order valence-corrected chi connectivity index (χ2v) is 7.44. The minimum atomic E-state index is -0.196.